The third kappa shape index (κ3) is 5.36. The maximum absolute atomic E-state index is 12.5. The van der Waals surface area contributed by atoms with E-state index >= 15 is 0 Å². The van der Waals surface area contributed by atoms with Gasteiger partial charge in [0.1, 0.15) is 0 Å². The largest absolute Gasteiger partial charge is 0.348 e. The molecule has 138 valence electrons. The molecular weight excluding hydrogens is 344 g/mol. The molecule has 2 amide bonds. The second kappa shape index (κ2) is 9.43. The third-order valence-electron chi connectivity index (χ3n) is 4.40. The normalized spacial score (nSPS) is 11.7. The van der Waals surface area contributed by atoms with Gasteiger partial charge >= 0.3 is 0 Å². The molecule has 1 atom stereocenters. The lowest BCUT2D eigenvalue weighted by atomic mass is 10.1. The molecule has 4 nitrogen and oxygen atoms in total. The van der Waals surface area contributed by atoms with Crippen LogP contribution in [0.1, 0.15) is 41.8 Å². The zero-order chi connectivity index (χ0) is 19.1. The van der Waals surface area contributed by atoms with Gasteiger partial charge in [-0.1, -0.05) is 32.0 Å². The number of benzene rings is 2. The van der Waals surface area contributed by atoms with E-state index in [4.69, 9.17) is 0 Å². The zero-order valence-corrected chi connectivity index (χ0v) is 16.6. The molecule has 1 unspecified atom stereocenters. The third-order valence-corrected chi connectivity index (χ3v) is 5.12. The van der Waals surface area contributed by atoms with Crippen LogP contribution in [0.5, 0.6) is 0 Å². The van der Waals surface area contributed by atoms with Crippen LogP contribution in [0.25, 0.3) is 0 Å². The van der Waals surface area contributed by atoms with E-state index in [1.807, 2.05) is 69.5 Å². The first-order valence-electron chi connectivity index (χ1n) is 8.77. The highest BCUT2D eigenvalue weighted by atomic mass is 32.2. The maximum atomic E-state index is 12.5. The van der Waals surface area contributed by atoms with Crippen molar-refractivity contribution in [1.29, 1.82) is 0 Å². The number of aryl methyl sites for hydroxylation is 1. The fraction of sp³-hybridized carbons (Fsp3) is 0.333. The van der Waals surface area contributed by atoms with Crippen molar-refractivity contribution in [2.75, 3.05) is 11.6 Å². The molecule has 0 aliphatic heterocycles. The van der Waals surface area contributed by atoms with Crippen molar-refractivity contribution in [3.05, 3.63) is 59.2 Å². The average Bonchev–Trinajstić information content (AvgIpc) is 2.66. The number of thioether (sulfide) groups is 1. The summed E-state index contributed by atoms with van der Waals surface area (Å²) in [7, 11) is 0. The summed E-state index contributed by atoms with van der Waals surface area (Å²) in [6, 6.07) is 13.5. The number of carbonyl (C=O) groups is 2. The van der Waals surface area contributed by atoms with E-state index in [9.17, 15) is 9.59 Å². The van der Waals surface area contributed by atoms with Gasteiger partial charge in [-0.15, -0.1) is 11.8 Å². The molecule has 0 fully saturated rings. The van der Waals surface area contributed by atoms with Crippen LogP contribution in [0, 0.1) is 12.8 Å². The predicted octanol–water partition coefficient (Wildman–Crippen LogP) is 4.63. The van der Waals surface area contributed by atoms with E-state index in [0.717, 1.165) is 28.1 Å². The smallest absolute Gasteiger partial charge is 0.251 e. The van der Waals surface area contributed by atoms with Crippen LogP contribution >= 0.6 is 11.8 Å². The molecule has 0 aliphatic rings. The van der Waals surface area contributed by atoms with E-state index in [0.29, 0.717) is 12.1 Å². The Labute approximate surface area is 159 Å². The summed E-state index contributed by atoms with van der Waals surface area (Å²) in [6.07, 6.45) is 2.79. The highest BCUT2D eigenvalue weighted by Crippen LogP contribution is 2.19. The van der Waals surface area contributed by atoms with Crippen molar-refractivity contribution in [2.24, 2.45) is 5.92 Å². The van der Waals surface area contributed by atoms with Crippen molar-refractivity contribution in [2.45, 2.75) is 38.6 Å². The summed E-state index contributed by atoms with van der Waals surface area (Å²) in [6.45, 7) is 6.24. The lowest BCUT2D eigenvalue weighted by Gasteiger charge is -2.12. The van der Waals surface area contributed by atoms with Crippen molar-refractivity contribution in [3.63, 3.8) is 0 Å². The van der Waals surface area contributed by atoms with Crippen LogP contribution in [-0.4, -0.2) is 18.1 Å². The molecule has 2 aromatic carbocycles. The van der Waals surface area contributed by atoms with Crippen LogP contribution < -0.4 is 10.6 Å². The van der Waals surface area contributed by atoms with Crippen LogP contribution in [0.15, 0.2) is 47.4 Å². The van der Waals surface area contributed by atoms with E-state index in [1.54, 1.807) is 11.8 Å². The molecule has 0 bridgehead atoms. The first kappa shape index (κ1) is 20.0. The van der Waals surface area contributed by atoms with Gasteiger partial charge in [0.15, 0.2) is 0 Å². The van der Waals surface area contributed by atoms with Gasteiger partial charge in [0, 0.05) is 28.6 Å². The molecule has 0 aliphatic carbocycles. The Kier molecular flexibility index (Phi) is 7.27. The molecule has 0 saturated heterocycles. The minimum Gasteiger partial charge on any atom is -0.348 e. The number of carbonyl (C=O) groups excluding carboxylic acids is 2. The standard InChI is InChI=1S/C21H26N2O2S/c1-5-14(2)20(24)23-17-8-6-7-16(11-17)13-22-21(25)19-12-18(26-4)10-9-15(19)3/h6-12,14H,5,13H2,1-4H3,(H,22,25)(H,23,24). The van der Waals surface area contributed by atoms with Gasteiger partial charge in [-0.05, 0) is 55.0 Å². The van der Waals surface area contributed by atoms with Crippen molar-refractivity contribution >= 4 is 29.3 Å². The molecule has 0 aromatic heterocycles. The molecular formula is C21H26N2O2S. The van der Waals surface area contributed by atoms with E-state index in [-0.39, 0.29) is 17.7 Å². The Morgan fingerprint density at radius 1 is 1.15 bits per heavy atom. The lowest BCUT2D eigenvalue weighted by molar-refractivity contribution is -0.119. The fourth-order valence-electron chi connectivity index (χ4n) is 2.46. The quantitative estimate of drug-likeness (QED) is 0.699. The summed E-state index contributed by atoms with van der Waals surface area (Å²) in [5.74, 6) is -0.101. The van der Waals surface area contributed by atoms with Gasteiger partial charge in [0.25, 0.3) is 5.91 Å². The van der Waals surface area contributed by atoms with Gasteiger partial charge in [-0.2, -0.15) is 0 Å². The zero-order valence-electron chi connectivity index (χ0n) is 15.8. The van der Waals surface area contributed by atoms with Crippen molar-refractivity contribution < 1.29 is 9.59 Å². The Bertz CT molecular complexity index is 789. The topological polar surface area (TPSA) is 58.2 Å². The Morgan fingerprint density at radius 2 is 1.92 bits per heavy atom. The minimum atomic E-state index is -0.0903. The van der Waals surface area contributed by atoms with Gasteiger partial charge in [0.2, 0.25) is 5.91 Å². The van der Waals surface area contributed by atoms with E-state index in [1.165, 1.54) is 0 Å². The first-order valence-corrected chi connectivity index (χ1v) is 9.99. The second-order valence-electron chi connectivity index (χ2n) is 6.36. The molecule has 0 heterocycles. The highest BCUT2D eigenvalue weighted by Gasteiger charge is 2.12. The SMILES string of the molecule is CCC(C)C(=O)Nc1cccc(CNC(=O)c2cc(SC)ccc2C)c1. The predicted molar refractivity (Wildman–Crippen MR) is 109 cm³/mol. The molecule has 0 spiro atoms. The Hall–Kier alpha value is -2.27. The molecule has 0 saturated carbocycles. The molecule has 2 N–H and O–H groups in total. The maximum Gasteiger partial charge on any atom is 0.251 e. The summed E-state index contributed by atoms with van der Waals surface area (Å²) < 4.78 is 0. The van der Waals surface area contributed by atoms with Crippen molar-refractivity contribution in [1.82, 2.24) is 5.32 Å². The van der Waals surface area contributed by atoms with E-state index in [2.05, 4.69) is 10.6 Å². The Morgan fingerprint density at radius 3 is 2.62 bits per heavy atom. The number of hydrogen-bond donors (Lipinski definition) is 2. The first-order chi connectivity index (χ1) is 12.4. The molecule has 5 heteroatoms. The monoisotopic (exact) mass is 370 g/mol. The summed E-state index contributed by atoms with van der Waals surface area (Å²) in [4.78, 5) is 25.6. The van der Waals surface area contributed by atoms with Gasteiger partial charge < -0.3 is 10.6 Å². The van der Waals surface area contributed by atoms with Crippen molar-refractivity contribution in [3.8, 4) is 0 Å². The van der Waals surface area contributed by atoms with Crippen LogP contribution in [-0.2, 0) is 11.3 Å². The van der Waals surface area contributed by atoms with Crippen LogP contribution in [0.4, 0.5) is 5.69 Å². The molecule has 26 heavy (non-hydrogen) atoms. The number of hydrogen-bond acceptors (Lipinski definition) is 3. The fourth-order valence-corrected chi connectivity index (χ4v) is 2.90. The molecule has 0 radical (unpaired) electrons. The molecule has 2 aromatic rings. The number of rotatable bonds is 7. The van der Waals surface area contributed by atoms with Gasteiger partial charge in [-0.25, -0.2) is 0 Å². The van der Waals surface area contributed by atoms with Gasteiger partial charge in [0.05, 0.1) is 0 Å². The Balaban J connectivity index is 2.02. The lowest BCUT2D eigenvalue weighted by Crippen LogP contribution is -2.24. The van der Waals surface area contributed by atoms with E-state index < -0.39 is 0 Å². The second-order valence-corrected chi connectivity index (χ2v) is 7.24. The average molecular weight is 371 g/mol. The highest BCUT2D eigenvalue weighted by molar-refractivity contribution is 7.98. The number of nitrogens with one attached hydrogen (secondary N) is 2. The van der Waals surface area contributed by atoms with Gasteiger partial charge in [-0.3, -0.25) is 9.59 Å². The summed E-state index contributed by atoms with van der Waals surface area (Å²) >= 11 is 1.62. The number of amides is 2. The minimum absolute atomic E-state index is 0.0122. The number of anilines is 1. The molecule has 2 rings (SSSR count). The van der Waals surface area contributed by atoms with Crippen LogP contribution in [0.3, 0.4) is 0 Å². The summed E-state index contributed by atoms with van der Waals surface area (Å²) in [5, 5.41) is 5.88. The summed E-state index contributed by atoms with van der Waals surface area (Å²) in [5.41, 5.74) is 3.34. The van der Waals surface area contributed by atoms with Crippen LogP contribution in [0.2, 0.25) is 0 Å².